The van der Waals surface area contributed by atoms with Crippen molar-refractivity contribution in [1.29, 1.82) is 0 Å². The van der Waals surface area contributed by atoms with Crippen LogP contribution in [0.5, 0.6) is 17.2 Å². The van der Waals surface area contributed by atoms with Crippen molar-refractivity contribution in [3.63, 3.8) is 0 Å². The van der Waals surface area contributed by atoms with Crippen LogP contribution in [0, 0.1) is 5.82 Å². The zero-order valence-corrected chi connectivity index (χ0v) is 24.6. The number of ether oxygens (including phenoxy) is 4. The summed E-state index contributed by atoms with van der Waals surface area (Å²) in [6, 6.07) is 17.2. The number of phenolic OH excluding ortho intramolecular Hbond substituents is 1. The Hall–Kier alpha value is -3.33. The van der Waals surface area contributed by atoms with E-state index in [4.69, 9.17) is 18.9 Å². The lowest BCUT2D eigenvalue weighted by Crippen LogP contribution is -2.46. The monoisotopic (exact) mass is 576 g/mol. The fourth-order valence-corrected chi connectivity index (χ4v) is 6.64. The molecular weight excluding hydrogens is 535 g/mol. The number of likely N-dealkylation sites (tertiary alicyclic amines) is 1. The van der Waals surface area contributed by atoms with Crippen LogP contribution in [0.1, 0.15) is 47.4 Å². The molecule has 1 spiro atoms. The smallest absolute Gasteiger partial charge is 0.170 e. The number of aryl methyl sites for hydroxylation is 1. The summed E-state index contributed by atoms with van der Waals surface area (Å²) in [5.74, 6) is 1.02. The van der Waals surface area contributed by atoms with E-state index >= 15 is 4.39 Å². The van der Waals surface area contributed by atoms with E-state index in [0.29, 0.717) is 38.0 Å². The van der Waals surface area contributed by atoms with Crippen molar-refractivity contribution in [2.45, 2.75) is 50.4 Å². The van der Waals surface area contributed by atoms with Crippen molar-refractivity contribution in [1.82, 2.24) is 4.90 Å². The first-order chi connectivity index (χ1) is 20.4. The SMILES string of the molecule is COc1ccc(C2CCc3cc(O)ccc3C2)c(N(C)Cc2ccc(OCCN3CCC4(CC3)OCCO4)c(F)c2)c1. The van der Waals surface area contributed by atoms with Crippen LogP contribution < -0.4 is 14.4 Å². The van der Waals surface area contributed by atoms with E-state index in [1.54, 1.807) is 25.3 Å². The van der Waals surface area contributed by atoms with Gasteiger partial charge in [0, 0.05) is 57.8 Å². The average molecular weight is 577 g/mol. The Balaban J connectivity index is 1.08. The Kier molecular flexibility index (Phi) is 8.56. The zero-order chi connectivity index (χ0) is 29.1. The second-order valence-electron chi connectivity index (χ2n) is 11.7. The Morgan fingerprint density at radius 1 is 1.02 bits per heavy atom. The number of aromatic hydroxyl groups is 1. The molecule has 7 nitrogen and oxygen atoms in total. The lowest BCUT2D eigenvalue weighted by molar-refractivity contribution is -0.185. The van der Waals surface area contributed by atoms with Crippen LogP contribution in [0.15, 0.2) is 54.6 Å². The van der Waals surface area contributed by atoms with Gasteiger partial charge in [-0.1, -0.05) is 18.2 Å². The molecule has 0 amide bonds. The van der Waals surface area contributed by atoms with Gasteiger partial charge >= 0.3 is 0 Å². The van der Waals surface area contributed by atoms with Crippen molar-refractivity contribution in [2.75, 3.05) is 58.5 Å². The highest BCUT2D eigenvalue weighted by atomic mass is 19.1. The molecule has 0 saturated carbocycles. The number of anilines is 1. The standard InChI is InChI=1S/C34H41FN2O5/c1-36(32-22-29(39-2)8-9-30(32)27-5-4-26-21-28(38)7-6-25(26)20-27)23-24-3-10-33(31(35)19-24)40-16-15-37-13-11-34(12-14-37)41-17-18-42-34/h3,6-10,19,21-22,27,38H,4-5,11-18,20,23H2,1-2H3. The summed E-state index contributed by atoms with van der Waals surface area (Å²) in [7, 11) is 3.72. The zero-order valence-electron chi connectivity index (χ0n) is 24.6. The van der Waals surface area contributed by atoms with Crippen molar-refractivity contribution < 1.29 is 28.4 Å². The molecule has 2 aliphatic heterocycles. The molecule has 6 rings (SSSR count). The molecule has 8 heteroatoms. The molecule has 0 radical (unpaired) electrons. The van der Waals surface area contributed by atoms with E-state index in [9.17, 15) is 5.11 Å². The number of piperidine rings is 1. The highest BCUT2D eigenvalue weighted by Gasteiger charge is 2.39. The molecule has 2 saturated heterocycles. The minimum Gasteiger partial charge on any atom is -0.508 e. The van der Waals surface area contributed by atoms with E-state index in [2.05, 4.69) is 21.9 Å². The molecular formula is C34H41FN2O5. The van der Waals surface area contributed by atoms with Crippen LogP contribution >= 0.6 is 0 Å². The Bertz CT molecular complexity index is 1380. The van der Waals surface area contributed by atoms with Crippen LogP contribution in [-0.2, 0) is 28.9 Å². The van der Waals surface area contributed by atoms with E-state index in [1.807, 2.05) is 31.3 Å². The summed E-state index contributed by atoms with van der Waals surface area (Å²) < 4.78 is 38.1. The van der Waals surface area contributed by atoms with Gasteiger partial charge in [0.1, 0.15) is 18.1 Å². The summed E-state index contributed by atoms with van der Waals surface area (Å²) in [5.41, 5.74) is 5.72. The van der Waals surface area contributed by atoms with E-state index in [-0.39, 0.29) is 17.4 Å². The molecule has 3 aromatic rings. The normalized spacial score (nSPS) is 19.9. The predicted molar refractivity (Wildman–Crippen MR) is 160 cm³/mol. The molecule has 2 fully saturated rings. The lowest BCUT2D eigenvalue weighted by Gasteiger charge is -2.37. The Morgan fingerprint density at radius 3 is 2.60 bits per heavy atom. The predicted octanol–water partition coefficient (Wildman–Crippen LogP) is 5.67. The number of phenols is 1. The summed E-state index contributed by atoms with van der Waals surface area (Å²) in [5, 5.41) is 9.89. The second-order valence-corrected chi connectivity index (χ2v) is 11.7. The van der Waals surface area contributed by atoms with Crippen LogP contribution in [-0.4, -0.2) is 69.4 Å². The first-order valence-electron chi connectivity index (χ1n) is 15.0. The lowest BCUT2D eigenvalue weighted by atomic mass is 9.79. The first-order valence-corrected chi connectivity index (χ1v) is 15.0. The second kappa shape index (κ2) is 12.5. The van der Waals surface area contributed by atoms with Gasteiger partial charge in [0.25, 0.3) is 0 Å². The van der Waals surface area contributed by atoms with Crippen molar-refractivity contribution in [3.8, 4) is 17.2 Å². The minimum absolute atomic E-state index is 0.284. The van der Waals surface area contributed by atoms with Gasteiger partial charge in [-0.15, -0.1) is 0 Å². The van der Waals surface area contributed by atoms with Crippen LogP contribution in [0.2, 0.25) is 0 Å². The van der Waals surface area contributed by atoms with Gasteiger partial charge in [0.15, 0.2) is 17.4 Å². The number of benzene rings is 3. The number of hydrogen-bond acceptors (Lipinski definition) is 7. The third kappa shape index (κ3) is 6.36. The van der Waals surface area contributed by atoms with Crippen molar-refractivity contribution >= 4 is 5.69 Å². The Labute approximate surface area is 247 Å². The van der Waals surface area contributed by atoms with Crippen LogP contribution in [0.25, 0.3) is 0 Å². The molecule has 1 unspecified atom stereocenters. The fourth-order valence-electron chi connectivity index (χ4n) is 6.64. The number of halogens is 1. The van der Waals surface area contributed by atoms with Gasteiger partial charge in [-0.25, -0.2) is 4.39 Å². The maximum atomic E-state index is 15.1. The quantitative estimate of drug-likeness (QED) is 0.352. The van der Waals surface area contributed by atoms with Crippen molar-refractivity contribution in [2.24, 2.45) is 0 Å². The topological polar surface area (TPSA) is 63.6 Å². The number of methoxy groups -OCH3 is 1. The van der Waals surface area contributed by atoms with Crippen LogP contribution in [0.3, 0.4) is 0 Å². The minimum atomic E-state index is -0.384. The van der Waals surface area contributed by atoms with Gasteiger partial charge in [0.2, 0.25) is 0 Å². The Morgan fingerprint density at radius 2 is 1.83 bits per heavy atom. The highest BCUT2D eigenvalue weighted by molar-refractivity contribution is 5.59. The molecule has 42 heavy (non-hydrogen) atoms. The molecule has 0 aromatic heterocycles. The summed E-state index contributed by atoms with van der Waals surface area (Å²) in [6.45, 7) is 4.86. The van der Waals surface area contributed by atoms with E-state index in [0.717, 1.165) is 68.7 Å². The molecule has 3 aromatic carbocycles. The first kappa shape index (κ1) is 28.8. The molecule has 1 aliphatic carbocycles. The third-order valence-corrected chi connectivity index (χ3v) is 9.02. The van der Waals surface area contributed by atoms with Crippen molar-refractivity contribution in [3.05, 3.63) is 82.7 Å². The maximum absolute atomic E-state index is 15.1. The number of fused-ring (bicyclic) bond motifs is 1. The summed E-state index contributed by atoms with van der Waals surface area (Å²) in [4.78, 5) is 4.48. The molecule has 1 N–H and O–H groups in total. The van der Waals surface area contributed by atoms with Gasteiger partial charge in [-0.3, -0.25) is 4.90 Å². The van der Waals surface area contributed by atoms with E-state index < -0.39 is 0 Å². The van der Waals surface area contributed by atoms with Crippen LogP contribution in [0.4, 0.5) is 10.1 Å². The fraction of sp³-hybridized carbons (Fsp3) is 0.471. The van der Waals surface area contributed by atoms with E-state index in [1.165, 1.54) is 16.7 Å². The molecule has 3 aliphatic rings. The number of nitrogens with zero attached hydrogens (tertiary/aromatic N) is 2. The highest BCUT2D eigenvalue weighted by Crippen LogP contribution is 2.40. The summed E-state index contributed by atoms with van der Waals surface area (Å²) in [6.07, 6.45) is 4.57. The number of hydrogen-bond donors (Lipinski definition) is 1. The third-order valence-electron chi connectivity index (χ3n) is 9.02. The van der Waals surface area contributed by atoms with Gasteiger partial charge < -0.3 is 29.0 Å². The molecule has 0 bridgehead atoms. The molecule has 2 heterocycles. The summed E-state index contributed by atoms with van der Waals surface area (Å²) >= 11 is 0. The van der Waals surface area contributed by atoms with Gasteiger partial charge in [0.05, 0.1) is 20.3 Å². The maximum Gasteiger partial charge on any atom is 0.170 e. The van der Waals surface area contributed by atoms with Gasteiger partial charge in [-0.05, 0) is 77.8 Å². The average Bonchev–Trinajstić information content (AvgIpc) is 3.46. The van der Waals surface area contributed by atoms with Gasteiger partial charge in [-0.2, -0.15) is 0 Å². The molecule has 224 valence electrons. The largest absolute Gasteiger partial charge is 0.508 e. The number of rotatable bonds is 9. The molecule has 1 atom stereocenters.